The van der Waals surface area contributed by atoms with Gasteiger partial charge in [0.2, 0.25) is 11.9 Å². The molecule has 2 aliphatic heterocycles. The van der Waals surface area contributed by atoms with E-state index in [1.54, 1.807) is 36.1 Å². The molecular formula is C22H25F2N7O2. The zero-order valence-electron chi connectivity index (χ0n) is 18.3. The molecule has 0 unspecified atom stereocenters. The molecule has 0 bridgehead atoms. The van der Waals surface area contributed by atoms with Crippen molar-refractivity contribution >= 4 is 28.6 Å². The molecular weight excluding hydrogens is 432 g/mol. The molecule has 1 amide bonds. The van der Waals surface area contributed by atoms with E-state index in [4.69, 9.17) is 9.72 Å². The molecule has 0 spiro atoms. The summed E-state index contributed by atoms with van der Waals surface area (Å²) in [5.41, 5.74) is 0.990. The molecule has 9 nitrogen and oxygen atoms in total. The minimum atomic E-state index is -2.78. The van der Waals surface area contributed by atoms with Crippen LogP contribution in [-0.2, 0) is 9.53 Å². The van der Waals surface area contributed by atoms with E-state index in [1.165, 1.54) is 4.57 Å². The number of hydrogen-bond acceptors (Lipinski definition) is 7. The van der Waals surface area contributed by atoms with Crippen molar-refractivity contribution in [3.05, 3.63) is 36.2 Å². The Bertz CT molecular complexity index is 1150. The maximum Gasteiger partial charge on any atom is 0.296 e. The molecule has 3 aromatic rings. The minimum absolute atomic E-state index is 0.0403. The van der Waals surface area contributed by atoms with Crippen molar-refractivity contribution in [1.82, 2.24) is 24.4 Å². The Morgan fingerprint density at radius 2 is 1.58 bits per heavy atom. The maximum atomic E-state index is 14.0. The number of alkyl halides is 2. The van der Waals surface area contributed by atoms with E-state index >= 15 is 0 Å². The van der Waals surface area contributed by atoms with Crippen LogP contribution < -0.4 is 9.80 Å². The van der Waals surface area contributed by atoms with Gasteiger partial charge in [-0.15, -0.1) is 0 Å². The van der Waals surface area contributed by atoms with Crippen LogP contribution in [0.4, 0.5) is 20.4 Å². The van der Waals surface area contributed by atoms with Gasteiger partial charge < -0.3 is 19.4 Å². The standard InChI is InChI=1S/C22H25F2N7O2/c1-15(32)28-6-8-29(9-7-28)18-14-19(30-10-12-33-13-11-30)27-22(26-18)31-17-5-3-2-4-16(17)25-21(31)20(23)24/h2-5,14,20H,6-13H2,1H3. The first kappa shape index (κ1) is 21.5. The Hall–Kier alpha value is -3.34. The number of imidazole rings is 1. The number of aromatic nitrogens is 4. The number of para-hydroxylation sites is 2. The highest BCUT2D eigenvalue weighted by Gasteiger charge is 2.26. The van der Waals surface area contributed by atoms with Crippen molar-refractivity contribution in [2.45, 2.75) is 13.3 Å². The number of anilines is 2. The lowest BCUT2D eigenvalue weighted by Gasteiger charge is -2.35. The van der Waals surface area contributed by atoms with Crippen molar-refractivity contribution in [2.24, 2.45) is 0 Å². The normalized spacial score (nSPS) is 17.3. The Morgan fingerprint density at radius 1 is 0.939 bits per heavy atom. The first-order valence-electron chi connectivity index (χ1n) is 11.0. The van der Waals surface area contributed by atoms with Gasteiger partial charge in [0.15, 0.2) is 5.82 Å². The summed E-state index contributed by atoms with van der Waals surface area (Å²) in [4.78, 5) is 31.2. The second-order valence-corrected chi connectivity index (χ2v) is 8.07. The fraction of sp³-hybridized carbons (Fsp3) is 0.455. The fourth-order valence-electron chi connectivity index (χ4n) is 4.28. The number of hydrogen-bond donors (Lipinski definition) is 0. The predicted octanol–water partition coefficient (Wildman–Crippen LogP) is 2.26. The molecule has 0 N–H and O–H groups in total. The number of amides is 1. The van der Waals surface area contributed by atoms with Crippen molar-refractivity contribution in [2.75, 3.05) is 62.3 Å². The SMILES string of the molecule is CC(=O)N1CCN(c2cc(N3CCOCC3)nc(-n3c(C(F)F)nc4ccccc43)n2)CC1. The monoisotopic (exact) mass is 457 g/mol. The number of nitrogens with zero attached hydrogens (tertiary/aromatic N) is 7. The molecule has 0 radical (unpaired) electrons. The average molecular weight is 457 g/mol. The average Bonchev–Trinajstić information content (AvgIpc) is 3.24. The molecule has 11 heteroatoms. The van der Waals surface area contributed by atoms with E-state index in [-0.39, 0.29) is 17.7 Å². The lowest BCUT2D eigenvalue weighted by atomic mass is 10.3. The number of benzene rings is 1. The van der Waals surface area contributed by atoms with Crippen molar-refractivity contribution in [3.8, 4) is 5.95 Å². The van der Waals surface area contributed by atoms with E-state index in [0.717, 1.165) is 0 Å². The zero-order valence-corrected chi connectivity index (χ0v) is 18.3. The summed E-state index contributed by atoms with van der Waals surface area (Å²) >= 11 is 0. The number of halogens is 2. The highest BCUT2D eigenvalue weighted by molar-refractivity contribution is 5.78. The topological polar surface area (TPSA) is 79.6 Å². The molecule has 174 valence electrons. The molecule has 2 fully saturated rings. The van der Waals surface area contributed by atoms with Crippen molar-refractivity contribution in [3.63, 3.8) is 0 Å². The number of piperazine rings is 1. The van der Waals surface area contributed by atoms with Gasteiger partial charge in [-0.2, -0.15) is 9.97 Å². The van der Waals surface area contributed by atoms with Crippen LogP contribution in [0.3, 0.4) is 0 Å². The molecule has 0 saturated carbocycles. The Kier molecular flexibility index (Phi) is 5.79. The predicted molar refractivity (Wildman–Crippen MR) is 119 cm³/mol. The van der Waals surface area contributed by atoms with Gasteiger partial charge in [-0.1, -0.05) is 12.1 Å². The second-order valence-electron chi connectivity index (χ2n) is 8.07. The van der Waals surface area contributed by atoms with E-state index < -0.39 is 6.43 Å². The van der Waals surface area contributed by atoms with Crippen LogP contribution in [0.15, 0.2) is 30.3 Å². The number of morpholine rings is 1. The van der Waals surface area contributed by atoms with Gasteiger partial charge >= 0.3 is 0 Å². The minimum Gasteiger partial charge on any atom is -0.378 e. The van der Waals surface area contributed by atoms with Crippen molar-refractivity contribution in [1.29, 1.82) is 0 Å². The Morgan fingerprint density at radius 3 is 2.21 bits per heavy atom. The largest absolute Gasteiger partial charge is 0.378 e. The maximum absolute atomic E-state index is 14.0. The summed E-state index contributed by atoms with van der Waals surface area (Å²) in [7, 11) is 0. The number of ether oxygens (including phenoxy) is 1. The summed E-state index contributed by atoms with van der Waals surface area (Å²) in [5.74, 6) is 1.11. The summed E-state index contributed by atoms with van der Waals surface area (Å²) in [6.45, 7) is 6.38. The van der Waals surface area contributed by atoms with Gasteiger partial charge in [0.05, 0.1) is 24.2 Å². The summed E-state index contributed by atoms with van der Waals surface area (Å²) in [6.07, 6.45) is -2.78. The van der Waals surface area contributed by atoms with Gasteiger partial charge in [-0.05, 0) is 12.1 Å². The summed E-state index contributed by atoms with van der Waals surface area (Å²) in [6, 6.07) is 8.87. The molecule has 33 heavy (non-hydrogen) atoms. The molecule has 0 aliphatic carbocycles. The molecule has 0 atom stereocenters. The van der Waals surface area contributed by atoms with Gasteiger partial charge in [0.25, 0.3) is 6.43 Å². The van der Waals surface area contributed by atoms with Gasteiger partial charge in [-0.3, -0.25) is 9.36 Å². The number of fused-ring (bicyclic) bond motifs is 1. The van der Waals surface area contributed by atoms with E-state index in [9.17, 15) is 13.6 Å². The quantitative estimate of drug-likeness (QED) is 0.595. The van der Waals surface area contributed by atoms with Gasteiger partial charge in [-0.25, -0.2) is 13.8 Å². The number of rotatable bonds is 4. The number of carbonyl (C=O) groups excluding carboxylic acids is 1. The van der Waals surface area contributed by atoms with E-state index in [1.807, 2.05) is 6.07 Å². The van der Waals surface area contributed by atoms with E-state index in [2.05, 4.69) is 19.8 Å². The first-order valence-corrected chi connectivity index (χ1v) is 11.0. The van der Waals surface area contributed by atoms with Crippen LogP contribution in [0.25, 0.3) is 17.0 Å². The first-order chi connectivity index (χ1) is 16.0. The van der Waals surface area contributed by atoms with Crippen LogP contribution >= 0.6 is 0 Å². The van der Waals surface area contributed by atoms with Gasteiger partial charge in [0.1, 0.15) is 11.6 Å². The zero-order chi connectivity index (χ0) is 22.9. The Labute approximate surface area is 189 Å². The lowest BCUT2D eigenvalue weighted by Crippen LogP contribution is -2.48. The number of carbonyl (C=O) groups is 1. The summed E-state index contributed by atoms with van der Waals surface area (Å²) in [5, 5.41) is 0. The van der Waals surface area contributed by atoms with Crippen LogP contribution in [0.5, 0.6) is 0 Å². The van der Waals surface area contributed by atoms with Crippen molar-refractivity contribution < 1.29 is 18.3 Å². The van der Waals surface area contributed by atoms with E-state index in [0.29, 0.717) is 75.2 Å². The summed E-state index contributed by atoms with van der Waals surface area (Å²) < 4.78 is 34.7. The third kappa shape index (κ3) is 4.20. The third-order valence-electron chi connectivity index (χ3n) is 6.05. The van der Waals surface area contributed by atoms with Crippen LogP contribution in [0.1, 0.15) is 19.2 Å². The third-order valence-corrected chi connectivity index (χ3v) is 6.05. The molecule has 2 aromatic heterocycles. The molecule has 4 heterocycles. The van der Waals surface area contributed by atoms with Crippen LogP contribution in [-0.4, -0.2) is 82.8 Å². The van der Waals surface area contributed by atoms with Gasteiger partial charge in [0, 0.05) is 52.3 Å². The molecule has 2 saturated heterocycles. The lowest BCUT2D eigenvalue weighted by molar-refractivity contribution is -0.129. The molecule has 2 aliphatic rings. The fourth-order valence-corrected chi connectivity index (χ4v) is 4.28. The molecule has 5 rings (SSSR count). The highest BCUT2D eigenvalue weighted by atomic mass is 19.3. The highest BCUT2D eigenvalue weighted by Crippen LogP contribution is 2.29. The smallest absolute Gasteiger partial charge is 0.296 e. The second kappa shape index (κ2) is 8.89. The Balaban J connectivity index is 1.60. The van der Waals surface area contributed by atoms with Crippen LogP contribution in [0.2, 0.25) is 0 Å². The molecule has 1 aromatic carbocycles. The van der Waals surface area contributed by atoms with Crippen LogP contribution in [0, 0.1) is 0 Å².